The third-order valence-corrected chi connectivity index (χ3v) is 3.45. The maximum Gasteiger partial charge on any atom is 0.242 e. The van der Waals surface area contributed by atoms with E-state index in [1.165, 1.54) is 13.8 Å². The Morgan fingerprint density at radius 1 is 0.870 bits per heavy atom. The monoisotopic (exact) mass is 329 g/mol. The van der Waals surface area contributed by atoms with Gasteiger partial charge in [0.15, 0.2) is 5.78 Å². The number of carbonyl (C=O) groups excluding carboxylic acids is 4. The molecule has 0 saturated heterocycles. The quantitative estimate of drug-likeness (QED) is 0.307. The first-order valence-electron chi connectivity index (χ1n) is 7.48. The highest BCUT2D eigenvalue weighted by Crippen LogP contribution is 2.02. The lowest BCUT2D eigenvalue weighted by Gasteiger charge is -2.19. The predicted molar refractivity (Wildman–Crippen MR) is 84.9 cm³/mol. The highest BCUT2D eigenvalue weighted by atomic mass is 16.2. The molecular weight excluding hydrogens is 302 g/mol. The number of rotatable bonds is 10. The van der Waals surface area contributed by atoms with Crippen LogP contribution >= 0.6 is 0 Å². The number of hydrogen-bond donors (Lipinski definition) is 5. The summed E-state index contributed by atoms with van der Waals surface area (Å²) in [5.41, 5.74) is 16.2. The molecule has 0 spiro atoms. The maximum atomic E-state index is 11.9. The van der Waals surface area contributed by atoms with Crippen LogP contribution in [0, 0.1) is 0 Å². The van der Waals surface area contributed by atoms with E-state index < -0.39 is 41.9 Å². The molecule has 132 valence electrons. The molecule has 23 heavy (non-hydrogen) atoms. The van der Waals surface area contributed by atoms with Gasteiger partial charge >= 0.3 is 0 Å². The Morgan fingerprint density at radius 3 is 1.83 bits per heavy atom. The molecule has 0 aliphatic rings. The molecule has 0 fully saturated rings. The third kappa shape index (κ3) is 8.27. The molecule has 0 rings (SSSR count). The Bertz CT molecular complexity index is 454. The van der Waals surface area contributed by atoms with Gasteiger partial charge in [-0.3, -0.25) is 19.2 Å². The number of hydrogen-bond acceptors (Lipinski definition) is 6. The van der Waals surface area contributed by atoms with E-state index in [2.05, 4.69) is 10.6 Å². The molecule has 8 N–H and O–H groups in total. The zero-order valence-corrected chi connectivity index (χ0v) is 13.8. The van der Waals surface area contributed by atoms with Gasteiger partial charge in [-0.05, 0) is 40.0 Å². The zero-order chi connectivity index (χ0) is 18.2. The average Bonchev–Trinajstić information content (AvgIpc) is 2.46. The summed E-state index contributed by atoms with van der Waals surface area (Å²) in [5.74, 6) is -1.74. The fourth-order valence-electron chi connectivity index (χ4n) is 1.66. The number of nitrogens with two attached hydrogens (primary N) is 3. The van der Waals surface area contributed by atoms with Crippen LogP contribution in [0.5, 0.6) is 0 Å². The van der Waals surface area contributed by atoms with Crippen molar-refractivity contribution in [3.05, 3.63) is 0 Å². The van der Waals surface area contributed by atoms with Gasteiger partial charge in [0.1, 0.15) is 6.04 Å². The van der Waals surface area contributed by atoms with E-state index in [-0.39, 0.29) is 5.78 Å². The van der Waals surface area contributed by atoms with Crippen LogP contribution in [0.1, 0.15) is 40.0 Å². The fraction of sp³-hybridized carbons (Fsp3) is 0.714. The summed E-state index contributed by atoms with van der Waals surface area (Å²) in [7, 11) is 0. The Morgan fingerprint density at radius 2 is 1.35 bits per heavy atom. The highest BCUT2D eigenvalue weighted by Gasteiger charge is 2.22. The molecule has 0 bridgehead atoms. The van der Waals surface area contributed by atoms with E-state index in [1.807, 2.05) is 0 Å². The molecule has 0 saturated carbocycles. The molecule has 4 unspecified atom stereocenters. The minimum absolute atomic E-state index is 0.181. The first kappa shape index (κ1) is 21.0. The smallest absolute Gasteiger partial charge is 0.242 e. The second-order valence-corrected chi connectivity index (χ2v) is 5.62. The van der Waals surface area contributed by atoms with Crippen molar-refractivity contribution in [1.29, 1.82) is 0 Å². The SMILES string of the molecule is CC(=O)C(C)NC(=O)C(C)NC(=O)C(N)CCCC(N)C(N)=O. The Hall–Kier alpha value is -2.00. The predicted octanol–water partition coefficient (Wildman–Crippen LogP) is -2.10. The van der Waals surface area contributed by atoms with Crippen molar-refractivity contribution in [2.75, 3.05) is 0 Å². The van der Waals surface area contributed by atoms with Gasteiger partial charge in [0.2, 0.25) is 17.7 Å². The Labute approximate surface area is 135 Å². The van der Waals surface area contributed by atoms with E-state index >= 15 is 0 Å². The van der Waals surface area contributed by atoms with Crippen molar-refractivity contribution < 1.29 is 19.2 Å². The first-order valence-corrected chi connectivity index (χ1v) is 7.48. The minimum atomic E-state index is -0.824. The Kier molecular flexibility index (Phi) is 9.04. The van der Waals surface area contributed by atoms with Gasteiger partial charge < -0.3 is 27.8 Å². The van der Waals surface area contributed by atoms with Crippen LogP contribution in [-0.2, 0) is 19.2 Å². The molecule has 4 atom stereocenters. The van der Waals surface area contributed by atoms with Crippen molar-refractivity contribution in [3.63, 3.8) is 0 Å². The van der Waals surface area contributed by atoms with E-state index in [0.29, 0.717) is 19.3 Å². The molecular formula is C14H27N5O4. The van der Waals surface area contributed by atoms with Crippen molar-refractivity contribution in [2.45, 2.75) is 64.2 Å². The zero-order valence-electron chi connectivity index (χ0n) is 13.8. The van der Waals surface area contributed by atoms with Crippen LogP contribution in [-0.4, -0.2) is 47.7 Å². The molecule has 3 amide bonds. The second-order valence-electron chi connectivity index (χ2n) is 5.62. The van der Waals surface area contributed by atoms with Crippen LogP contribution < -0.4 is 27.8 Å². The molecule has 0 radical (unpaired) electrons. The third-order valence-electron chi connectivity index (χ3n) is 3.45. The number of nitrogens with one attached hydrogen (secondary N) is 2. The molecule has 9 heteroatoms. The Balaban J connectivity index is 4.22. The van der Waals surface area contributed by atoms with Crippen LogP contribution in [0.4, 0.5) is 0 Å². The number of carbonyl (C=O) groups is 4. The van der Waals surface area contributed by atoms with Gasteiger partial charge in [0.25, 0.3) is 0 Å². The van der Waals surface area contributed by atoms with Gasteiger partial charge in [-0.15, -0.1) is 0 Å². The fourth-order valence-corrected chi connectivity index (χ4v) is 1.66. The number of Topliss-reactive ketones (excluding diaryl/α,β-unsaturated/α-hetero) is 1. The second kappa shape index (κ2) is 9.90. The summed E-state index contributed by atoms with van der Waals surface area (Å²) in [6.07, 6.45) is 1.11. The van der Waals surface area contributed by atoms with Crippen molar-refractivity contribution in [3.8, 4) is 0 Å². The largest absolute Gasteiger partial charge is 0.368 e. The summed E-state index contributed by atoms with van der Waals surface area (Å²) in [6.45, 7) is 4.42. The summed E-state index contributed by atoms with van der Waals surface area (Å²) in [6, 6.07) is -3.02. The number of amides is 3. The van der Waals surface area contributed by atoms with E-state index in [9.17, 15) is 19.2 Å². The molecule has 0 aromatic heterocycles. The van der Waals surface area contributed by atoms with Crippen molar-refractivity contribution in [1.82, 2.24) is 10.6 Å². The number of ketones is 1. The summed E-state index contributed by atoms with van der Waals surface area (Å²) >= 11 is 0. The van der Waals surface area contributed by atoms with Gasteiger partial charge in [0.05, 0.1) is 18.1 Å². The summed E-state index contributed by atoms with van der Waals surface area (Å²) in [5, 5.41) is 4.96. The van der Waals surface area contributed by atoms with Gasteiger partial charge in [0, 0.05) is 0 Å². The van der Waals surface area contributed by atoms with Crippen molar-refractivity contribution >= 4 is 23.5 Å². The van der Waals surface area contributed by atoms with Crippen LogP contribution in [0.15, 0.2) is 0 Å². The van der Waals surface area contributed by atoms with E-state index in [1.54, 1.807) is 6.92 Å². The van der Waals surface area contributed by atoms with Crippen LogP contribution in [0.3, 0.4) is 0 Å². The minimum Gasteiger partial charge on any atom is -0.368 e. The molecule has 0 aromatic rings. The van der Waals surface area contributed by atoms with Crippen LogP contribution in [0.25, 0.3) is 0 Å². The van der Waals surface area contributed by atoms with E-state index in [0.717, 1.165) is 0 Å². The lowest BCUT2D eigenvalue weighted by molar-refractivity contribution is -0.131. The van der Waals surface area contributed by atoms with Gasteiger partial charge in [-0.25, -0.2) is 0 Å². The summed E-state index contributed by atoms with van der Waals surface area (Å²) < 4.78 is 0. The molecule has 9 nitrogen and oxygen atoms in total. The molecule has 0 heterocycles. The lowest BCUT2D eigenvalue weighted by atomic mass is 10.1. The topological polar surface area (TPSA) is 170 Å². The standard InChI is InChI=1S/C14H27N5O4/c1-7(9(3)20)18-13(22)8(2)19-14(23)11(16)6-4-5-10(15)12(17)21/h7-8,10-11H,4-6,15-16H2,1-3H3,(H2,17,21)(H,18,22)(H,19,23). The normalized spacial score (nSPS) is 15.9. The molecule has 0 aromatic carbocycles. The van der Waals surface area contributed by atoms with E-state index in [4.69, 9.17) is 17.2 Å². The van der Waals surface area contributed by atoms with Gasteiger partial charge in [-0.2, -0.15) is 0 Å². The molecule has 0 aliphatic carbocycles. The van der Waals surface area contributed by atoms with Crippen molar-refractivity contribution in [2.24, 2.45) is 17.2 Å². The highest BCUT2D eigenvalue weighted by molar-refractivity contribution is 5.92. The number of primary amides is 1. The summed E-state index contributed by atoms with van der Waals surface area (Å²) in [4.78, 5) is 45.6. The maximum absolute atomic E-state index is 11.9. The lowest BCUT2D eigenvalue weighted by Crippen LogP contribution is -2.52. The van der Waals surface area contributed by atoms with Gasteiger partial charge in [-0.1, -0.05) is 0 Å². The van der Waals surface area contributed by atoms with Crippen LogP contribution in [0.2, 0.25) is 0 Å². The average molecular weight is 329 g/mol. The molecule has 0 aliphatic heterocycles. The first-order chi connectivity index (χ1) is 10.6.